The lowest BCUT2D eigenvalue weighted by Crippen LogP contribution is -2.46. The van der Waals surface area contributed by atoms with Crippen molar-refractivity contribution in [1.29, 1.82) is 0 Å². The van der Waals surface area contributed by atoms with Crippen LogP contribution < -0.4 is 16.1 Å². The Morgan fingerprint density at radius 3 is 2.64 bits per heavy atom. The molecule has 1 aromatic carbocycles. The minimum Gasteiger partial charge on any atom is -0.343 e. The van der Waals surface area contributed by atoms with Crippen molar-refractivity contribution in [3.05, 3.63) is 55.4 Å². The fourth-order valence-corrected chi connectivity index (χ4v) is 5.20. The van der Waals surface area contributed by atoms with E-state index in [-0.39, 0.29) is 40.1 Å². The van der Waals surface area contributed by atoms with Crippen molar-refractivity contribution in [2.75, 3.05) is 31.1 Å². The number of piperidine rings is 1. The van der Waals surface area contributed by atoms with E-state index in [4.69, 9.17) is 16.6 Å². The second-order valence-corrected chi connectivity index (χ2v) is 9.69. The van der Waals surface area contributed by atoms with Gasteiger partial charge in [0.05, 0.1) is 12.5 Å². The van der Waals surface area contributed by atoms with Gasteiger partial charge in [0, 0.05) is 50.9 Å². The molecular formula is C25H32ClFN6O3. The molecule has 0 radical (unpaired) electrons. The van der Waals surface area contributed by atoms with E-state index >= 15 is 0 Å². The van der Waals surface area contributed by atoms with E-state index in [1.54, 1.807) is 17.7 Å². The number of fused-ring (bicyclic) bond motifs is 1. The Hall–Kier alpha value is -3.14. The molecular weight excluding hydrogens is 487 g/mol. The average Bonchev–Trinajstić information content (AvgIpc) is 3.26. The van der Waals surface area contributed by atoms with Crippen LogP contribution in [0.4, 0.5) is 10.3 Å². The first-order valence-electron chi connectivity index (χ1n) is 12.3. The summed E-state index contributed by atoms with van der Waals surface area (Å²) in [6, 6.07) is 4.43. The van der Waals surface area contributed by atoms with E-state index in [0.717, 1.165) is 23.8 Å². The molecule has 1 unspecified atom stereocenters. The third-order valence-corrected chi connectivity index (χ3v) is 7.30. The van der Waals surface area contributed by atoms with Crippen LogP contribution in [0.5, 0.6) is 0 Å². The van der Waals surface area contributed by atoms with E-state index in [2.05, 4.69) is 0 Å². The minimum absolute atomic E-state index is 0.0448. The Morgan fingerprint density at radius 1 is 1.22 bits per heavy atom. The molecule has 0 saturated carbocycles. The summed E-state index contributed by atoms with van der Waals surface area (Å²) in [4.78, 5) is 47.6. The van der Waals surface area contributed by atoms with E-state index in [1.165, 1.54) is 23.7 Å². The van der Waals surface area contributed by atoms with Crippen LogP contribution in [-0.2, 0) is 25.4 Å². The summed E-state index contributed by atoms with van der Waals surface area (Å²) in [5.74, 6) is -0.199. The first-order chi connectivity index (χ1) is 17.2. The van der Waals surface area contributed by atoms with Crippen LogP contribution in [0, 0.1) is 11.7 Å². The smallest absolute Gasteiger partial charge is 0.332 e. The number of nitrogens with zero attached hydrogens (tertiary/aromatic N) is 6. The van der Waals surface area contributed by atoms with Gasteiger partial charge in [-0.25, -0.2) is 9.18 Å². The third kappa shape index (κ3) is 4.54. The summed E-state index contributed by atoms with van der Waals surface area (Å²) < 4.78 is 18.7. The van der Waals surface area contributed by atoms with E-state index < -0.39 is 17.1 Å². The molecule has 11 heteroatoms. The molecule has 0 N–H and O–H groups in total. The summed E-state index contributed by atoms with van der Waals surface area (Å²) in [5, 5.41) is 0.231. The van der Waals surface area contributed by atoms with Gasteiger partial charge in [0.25, 0.3) is 5.56 Å². The summed E-state index contributed by atoms with van der Waals surface area (Å²) in [5.41, 5.74) is -0.411. The standard InChI is InChI=1S/C25H32ClFN6O3/c1-5-12-31(6-2)22(34)16-9-8-13-32(14-16)24-28-21-20(23(35)30(4)25(36)29(21)3)33(24)15-17-18(26)10-7-11-19(17)27/h7,10-11,16H,5-6,8-9,12-15H2,1-4H3. The van der Waals surface area contributed by atoms with Crippen molar-refractivity contribution in [3.8, 4) is 0 Å². The number of carbonyl (C=O) groups excluding carboxylic acids is 1. The van der Waals surface area contributed by atoms with E-state index in [9.17, 15) is 18.8 Å². The molecule has 1 aliphatic rings. The topological polar surface area (TPSA) is 85.4 Å². The monoisotopic (exact) mass is 518 g/mol. The molecule has 3 heterocycles. The summed E-state index contributed by atoms with van der Waals surface area (Å²) in [7, 11) is 2.95. The molecule has 1 amide bonds. The molecule has 1 atom stereocenters. The molecule has 1 aliphatic heterocycles. The van der Waals surface area contributed by atoms with Crippen LogP contribution >= 0.6 is 11.6 Å². The van der Waals surface area contributed by atoms with Gasteiger partial charge in [-0.05, 0) is 38.3 Å². The lowest BCUT2D eigenvalue weighted by Gasteiger charge is -2.35. The zero-order chi connectivity index (χ0) is 26.1. The molecule has 2 aromatic heterocycles. The summed E-state index contributed by atoms with van der Waals surface area (Å²) in [6.45, 7) is 6.36. The number of halogens is 2. The number of rotatable bonds is 7. The molecule has 0 aliphatic carbocycles. The number of aryl methyl sites for hydroxylation is 1. The van der Waals surface area contributed by atoms with Crippen molar-refractivity contribution >= 4 is 34.6 Å². The molecule has 4 rings (SSSR count). The summed E-state index contributed by atoms with van der Waals surface area (Å²) in [6.07, 6.45) is 2.41. The van der Waals surface area contributed by atoms with Gasteiger partial charge in [0.1, 0.15) is 5.82 Å². The second-order valence-electron chi connectivity index (χ2n) is 9.28. The zero-order valence-electron chi connectivity index (χ0n) is 21.1. The van der Waals surface area contributed by atoms with Crippen LogP contribution in [0.25, 0.3) is 11.2 Å². The highest BCUT2D eigenvalue weighted by molar-refractivity contribution is 6.31. The lowest BCUT2D eigenvalue weighted by molar-refractivity contribution is -0.135. The number of hydrogen-bond donors (Lipinski definition) is 0. The number of benzene rings is 1. The lowest BCUT2D eigenvalue weighted by atomic mass is 9.96. The van der Waals surface area contributed by atoms with Crippen LogP contribution in [0.2, 0.25) is 5.02 Å². The van der Waals surface area contributed by atoms with Gasteiger partial charge in [-0.3, -0.25) is 23.3 Å². The van der Waals surface area contributed by atoms with E-state index in [0.29, 0.717) is 32.1 Å². The SMILES string of the molecule is CCCN(CC)C(=O)C1CCCN(c2nc3c(c(=O)n(C)c(=O)n3C)n2Cc2c(F)cccc2Cl)C1. The normalized spacial score (nSPS) is 16.1. The molecule has 0 spiro atoms. The predicted molar refractivity (Wildman–Crippen MR) is 138 cm³/mol. The van der Waals surface area contributed by atoms with Gasteiger partial charge in [-0.2, -0.15) is 4.98 Å². The van der Waals surface area contributed by atoms with Gasteiger partial charge in [0.15, 0.2) is 11.2 Å². The van der Waals surface area contributed by atoms with Crippen molar-refractivity contribution in [3.63, 3.8) is 0 Å². The Balaban J connectivity index is 1.84. The first kappa shape index (κ1) is 25.9. The van der Waals surface area contributed by atoms with Crippen LogP contribution in [-0.4, -0.2) is 55.7 Å². The number of carbonyl (C=O) groups is 1. The van der Waals surface area contributed by atoms with Crippen LogP contribution in [0.3, 0.4) is 0 Å². The summed E-state index contributed by atoms with van der Waals surface area (Å²) >= 11 is 6.33. The zero-order valence-corrected chi connectivity index (χ0v) is 21.9. The molecule has 0 bridgehead atoms. The van der Waals surface area contributed by atoms with Crippen LogP contribution in [0.1, 0.15) is 38.7 Å². The largest absolute Gasteiger partial charge is 0.343 e. The number of anilines is 1. The van der Waals surface area contributed by atoms with Gasteiger partial charge in [-0.1, -0.05) is 24.6 Å². The Morgan fingerprint density at radius 2 is 1.97 bits per heavy atom. The average molecular weight is 519 g/mol. The van der Waals surface area contributed by atoms with Gasteiger partial charge >= 0.3 is 5.69 Å². The number of imidazole rings is 1. The van der Waals surface area contributed by atoms with Gasteiger partial charge in [0.2, 0.25) is 11.9 Å². The molecule has 36 heavy (non-hydrogen) atoms. The van der Waals surface area contributed by atoms with Gasteiger partial charge in [-0.15, -0.1) is 0 Å². The van der Waals surface area contributed by atoms with Crippen LogP contribution in [0.15, 0.2) is 27.8 Å². The van der Waals surface area contributed by atoms with Gasteiger partial charge < -0.3 is 9.80 Å². The number of aromatic nitrogens is 4. The quantitative estimate of drug-likeness (QED) is 0.480. The predicted octanol–water partition coefficient (Wildman–Crippen LogP) is 2.75. The Kier molecular flexibility index (Phi) is 7.54. The van der Waals surface area contributed by atoms with Crippen molar-refractivity contribution in [1.82, 2.24) is 23.6 Å². The minimum atomic E-state index is -0.524. The maximum atomic E-state index is 14.8. The maximum absolute atomic E-state index is 14.8. The molecule has 3 aromatic rings. The van der Waals surface area contributed by atoms with Crippen molar-refractivity contribution < 1.29 is 9.18 Å². The van der Waals surface area contributed by atoms with Crippen molar-refractivity contribution in [2.24, 2.45) is 20.0 Å². The fourth-order valence-electron chi connectivity index (χ4n) is 4.98. The first-order valence-corrected chi connectivity index (χ1v) is 12.7. The van der Waals surface area contributed by atoms with E-state index in [1.807, 2.05) is 23.6 Å². The fraction of sp³-hybridized carbons (Fsp3) is 0.520. The molecule has 1 fully saturated rings. The van der Waals surface area contributed by atoms with Crippen molar-refractivity contribution in [2.45, 2.75) is 39.7 Å². The third-order valence-electron chi connectivity index (χ3n) is 6.95. The highest BCUT2D eigenvalue weighted by Gasteiger charge is 2.32. The second kappa shape index (κ2) is 10.5. The molecule has 1 saturated heterocycles. The molecule has 194 valence electrons. The Labute approximate surface area is 213 Å². The number of amides is 1. The highest BCUT2D eigenvalue weighted by Crippen LogP contribution is 2.29. The number of hydrogen-bond acceptors (Lipinski definition) is 5. The highest BCUT2D eigenvalue weighted by atomic mass is 35.5. The Bertz CT molecular complexity index is 1390. The maximum Gasteiger partial charge on any atom is 0.332 e. The molecule has 9 nitrogen and oxygen atoms in total.